The number of anilines is 2. The highest BCUT2D eigenvalue weighted by Gasteiger charge is 2.08. The Balaban J connectivity index is 2.21. The summed E-state index contributed by atoms with van der Waals surface area (Å²) in [4.78, 5) is 15.8. The average Bonchev–Trinajstić information content (AvgIpc) is 2.32. The predicted molar refractivity (Wildman–Crippen MR) is 69.4 cm³/mol. The van der Waals surface area contributed by atoms with Gasteiger partial charge in [-0.15, -0.1) is 0 Å². The lowest BCUT2D eigenvalue weighted by molar-refractivity contribution is 0.102. The van der Waals surface area contributed by atoms with Crippen LogP contribution in [0.3, 0.4) is 0 Å². The maximum absolute atomic E-state index is 11.9. The number of pyridine rings is 1. The molecule has 5 nitrogen and oxygen atoms in total. The molecule has 0 radical (unpaired) electrons. The summed E-state index contributed by atoms with van der Waals surface area (Å²) >= 11 is 0. The Morgan fingerprint density at radius 1 is 1.33 bits per heavy atom. The monoisotopic (exact) mass is 243 g/mol. The minimum absolute atomic E-state index is 0.163. The van der Waals surface area contributed by atoms with Gasteiger partial charge in [-0.3, -0.25) is 9.78 Å². The molecule has 4 N–H and O–H groups in total. The summed E-state index contributed by atoms with van der Waals surface area (Å²) in [5.74, 6) is -0.125. The van der Waals surface area contributed by atoms with E-state index in [0.717, 1.165) is 5.56 Å². The Morgan fingerprint density at radius 2 is 2.11 bits per heavy atom. The van der Waals surface area contributed by atoms with E-state index in [1.807, 2.05) is 0 Å². The molecular weight excluding hydrogens is 230 g/mol. The molecule has 0 saturated heterocycles. The number of carbonyl (C=O) groups is 1. The number of rotatable bonds is 2. The molecule has 18 heavy (non-hydrogen) atoms. The van der Waals surface area contributed by atoms with Gasteiger partial charge in [-0.2, -0.15) is 0 Å². The quantitative estimate of drug-likeness (QED) is 0.703. The number of amides is 1. The molecule has 1 aromatic carbocycles. The number of hydrogen-bond donors (Lipinski definition) is 3. The van der Waals surface area contributed by atoms with Crippen molar-refractivity contribution in [1.82, 2.24) is 4.98 Å². The number of nitrogen functional groups attached to an aromatic ring is 1. The Morgan fingerprint density at radius 3 is 2.78 bits per heavy atom. The molecule has 0 aliphatic heterocycles. The van der Waals surface area contributed by atoms with Crippen LogP contribution in [0.25, 0.3) is 0 Å². The lowest BCUT2D eigenvalue weighted by Crippen LogP contribution is -2.13. The summed E-state index contributed by atoms with van der Waals surface area (Å²) in [7, 11) is 0. The summed E-state index contributed by atoms with van der Waals surface area (Å²) in [5, 5.41) is 12.0. The number of nitrogens with zero attached hydrogens (tertiary/aromatic N) is 1. The highest BCUT2D eigenvalue weighted by Crippen LogP contribution is 2.20. The van der Waals surface area contributed by atoms with Crippen LogP contribution in [0.5, 0.6) is 5.75 Å². The second kappa shape index (κ2) is 4.75. The number of phenolic OH excluding ortho intramolecular Hbond substituents is 1. The zero-order chi connectivity index (χ0) is 13.1. The van der Waals surface area contributed by atoms with Crippen molar-refractivity contribution in [3.05, 3.63) is 47.8 Å². The molecule has 0 aliphatic carbocycles. The zero-order valence-corrected chi connectivity index (χ0v) is 9.84. The molecule has 0 saturated carbocycles. The fraction of sp³-hybridized carbons (Fsp3) is 0.0769. The van der Waals surface area contributed by atoms with Crippen LogP contribution in [0.1, 0.15) is 15.9 Å². The first-order valence-electron chi connectivity index (χ1n) is 5.38. The Bertz CT molecular complexity index is 597. The van der Waals surface area contributed by atoms with Crippen molar-refractivity contribution in [2.24, 2.45) is 0 Å². The molecular formula is C13H13N3O2. The first-order chi connectivity index (χ1) is 8.56. The fourth-order valence-corrected chi connectivity index (χ4v) is 1.56. The van der Waals surface area contributed by atoms with Gasteiger partial charge in [0.05, 0.1) is 11.3 Å². The maximum Gasteiger partial charge on any atom is 0.257 e. The van der Waals surface area contributed by atoms with Gasteiger partial charge in [0.25, 0.3) is 5.91 Å². The minimum Gasteiger partial charge on any atom is -0.508 e. The Hall–Kier alpha value is -2.56. The van der Waals surface area contributed by atoms with Crippen LogP contribution < -0.4 is 11.1 Å². The van der Waals surface area contributed by atoms with Crippen LogP contribution in [0.2, 0.25) is 0 Å². The molecule has 0 atom stereocenters. The molecule has 1 heterocycles. The second-order valence-electron chi connectivity index (χ2n) is 3.96. The summed E-state index contributed by atoms with van der Waals surface area (Å²) in [6.07, 6.45) is 2.92. The van der Waals surface area contributed by atoms with E-state index in [1.165, 1.54) is 18.5 Å². The summed E-state index contributed by atoms with van der Waals surface area (Å²) in [6.45, 7) is 1.80. The number of hydrogen-bond acceptors (Lipinski definition) is 4. The second-order valence-corrected chi connectivity index (χ2v) is 3.96. The number of nitrogens with one attached hydrogen (secondary N) is 1. The van der Waals surface area contributed by atoms with Crippen molar-refractivity contribution >= 4 is 17.3 Å². The van der Waals surface area contributed by atoms with Crippen LogP contribution in [0.4, 0.5) is 11.4 Å². The van der Waals surface area contributed by atoms with Crippen molar-refractivity contribution in [3.8, 4) is 5.75 Å². The largest absolute Gasteiger partial charge is 0.508 e. The normalized spacial score (nSPS) is 10.1. The third-order valence-electron chi connectivity index (χ3n) is 2.48. The Kier molecular flexibility index (Phi) is 3.14. The molecule has 1 aromatic heterocycles. The van der Waals surface area contributed by atoms with Crippen LogP contribution in [-0.2, 0) is 0 Å². The number of aromatic nitrogens is 1. The van der Waals surface area contributed by atoms with Crippen molar-refractivity contribution in [2.45, 2.75) is 6.92 Å². The Labute approximate surface area is 104 Å². The average molecular weight is 243 g/mol. The van der Waals surface area contributed by atoms with Gasteiger partial charge in [0.15, 0.2) is 0 Å². The molecule has 0 aliphatic rings. The number of carbonyl (C=O) groups excluding carboxylic acids is 1. The van der Waals surface area contributed by atoms with Gasteiger partial charge in [-0.1, -0.05) is 0 Å². The molecule has 0 spiro atoms. The van der Waals surface area contributed by atoms with Gasteiger partial charge in [0.1, 0.15) is 5.75 Å². The van der Waals surface area contributed by atoms with E-state index in [-0.39, 0.29) is 11.7 Å². The van der Waals surface area contributed by atoms with Crippen molar-refractivity contribution in [3.63, 3.8) is 0 Å². The number of aryl methyl sites for hydroxylation is 1. The SMILES string of the molecule is Cc1cc(O)ccc1NC(=O)c1cncc(N)c1. The smallest absolute Gasteiger partial charge is 0.257 e. The van der Waals surface area contributed by atoms with E-state index in [4.69, 9.17) is 5.73 Å². The molecule has 1 amide bonds. The van der Waals surface area contributed by atoms with Crippen LogP contribution in [-0.4, -0.2) is 16.0 Å². The van der Waals surface area contributed by atoms with Gasteiger partial charge in [-0.05, 0) is 36.8 Å². The first kappa shape index (κ1) is 11.9. The summed E-state index contributed by atoms with van der Waals surface area (Å²) < 4.78 is 0. The lowest BCUT2D eigenvalue weighted by Gasteiger charge is -2.08. The van der Waals surface area contributed by atoms with Gasteiger partial charge in [-0.25, -0.2) is 0 Å². The molecule has 0 fully saturated rings. The minimum atomic E-state index is -0.288. The van der Waals surface area contributed by atoms with Crippen molar-refractivity contribution < 1.29 is 9.90 Å². The number of phenols is 1. The molecule has 92 valence electrons. The number of nitrogens with two attached hydrogens (primary N) is 1. The predicted octanol–water partition coefficient (Wildman–Crippen LogP) is 1.93. The van der Waals surface area contributed by atoms with Gasteiger partial charge in [0.2, 0.25) is 0 Å². The van der Waals surface area contributed by atoms with E-state index in [0.29, 0.717) is 16.9 Å². The van der Waals surface area contributed by atoms with Gasteiger partial charge < -0.3 is 16.2 Å². The van der Waals surface area contributed by atoms with Gasteiger partial charge >= 0.3 is 0 Å². The van der Waals surface area contributed by atoms with E-state index < -0.39 is 0 Å². The fourth-order valence-electron chi connectivity index (χ4n) is 1.56. The van der Waals surface area contributed by atoms with E-state index in [1.54, 1.807) is 25.1 Å². The van der Waals surface area contributed by atoms with E-state index >= 15 is 0 Å². The van der Waals surface area contributed by atoms with Crippen LogP contribution in [0.15, 0.2) is 36.7 Å². The molecule has 5 heteroatoms. The molecule has 2 aromatic rings. The lowest BCUT2D eigenvalue weighted by atomic mass is 10.1. The molecule has 0 unspecified atom stereocenters. The first-order valence-corrected chi connectivity index (χ1v) is 5.38. The third kappa shape index (κ3) is 2.57. The topological polar surface area (TPSA) is 88.2 Å². The standard InChI is InChI=1S/C13H13N3O2/c1-8-4-11(17)2-3-12(8)16-13(18)9-5-10(14)7-15-6-9/h2-7,17H,14H2,1H3,(H,16,18). The highest BCUT2D eigenvalue weighted by molar-refractivity contribution is 6.04. The summed E-state index contributed by atoms with van der Waals surface area (Å²) in [5.41, 5.74) is 7.81. The van der Waals surface area contributed by atoms with E-state index in [2.05, 4.69) is 10.3 Å². The number of benzene rings is 1. The van der Waals surface area contributed by atoms with Crippen molar-refractivity contribution in [2.75, 3.05) is 11.1 Å². The molecule has 0 bridgehead atoms. The maximum atomic E-state index is 11.9. The van der Waals surface area contributed by atoms with Crippen LogP contribution in [0, 0.1) is 6.92 Å². The summed E-state index contributed by atoms with van der Waals surface area (Å²) in [6, 6.07) is 6.29. The third-order valence-corrected chi connectivity index (χ3v) is 2.48. The molecule has 2 rings (SSSR count). The highest BCUT2D eigenvalue weighted by atomic mass is 16.3. The van der Waals surface area contributed by atoms with Crippen LogP contribution >= 0.6 is 0 Å². The number of aromatic hydroxyl groups is 1. The van der Waals surface area contributed by atoms with Crippen molar-refractivity contribution in [1.29, 1.82) is 0 Å². The van der Waals surface area contributed by atoms with Gasteiger partial charge in [0, 0.05) is 18.1 Å². The zero-order valence-electron chi connectivity index (χ0n) is 9.84. The van der Waals surface area contributed by atoms with E-state index in [9.17, 15) is 9.90 Å².